The van der Waals surface area contributed by atoms with Gasteiger partial charge in [-0.05, 0) is 124 Å². The number of nitrogens with one attached hydrogen (secondary N) is 3. The Kier molecular flexibility index (Phi) is 29.5. The second-order valence-electron chi connectivity index (χ2n) is 31.0. The minimum Gasteiger partial charge on any atom is -0.347 e. The van der Waals surface area contributed by atoms with Crippen LogP contribution in [-0.2, 0) is 76.6 Å². The van der Waals surface area contributed by atoms with Crippen LogP contribution in [0.4, 0.5) is 13.2 Å². The average molecular weight is 1490 g/mol. The molecule has 0 aromatic heterocycles. The van der Waals surface area contributed by atoms with Crippen LogP contribution in [0.5, 0.6) is 0 Å². The summed E-state index contributed by atoms with van der Waals surface area (Å²) in [5, 5.41) is 8.23. The lowest BCUT2D eigenvalue weighted by Crippen LogP contribution is -2.65. The van der Waals surface area contributed by atoms with Gasteiger partial charge in [-0.2, -0.15) is 13.2 Å². The zero-order valence-corrected chi connectivity index (χ0v) is 65.0. The predicted molar refractivity (Wildman–Crippen MR) is 391 cm³/mol. The molecule has 12 amide bonds. The second kappa shape index (κ2) is 36.6. The monoisotopic (exact) mass is 1490 g/mol. The first-order valence-corrected chi connectivity index (χ1v) is 37.9. The quantitative estimate of drug-likeness (QED) is 0.183. The van der Waals surface area contributed by atoms with Gasteiger partial charge in [0.1, 0.15) is 59.9 Å². The maximum absolute atomic E-state index is 15.9. The Balaban J connectivity index is 1.34. The molecule has 7 rings (SSSR count). The summed E-state index contributed by atoms with van der Waals surface area (Å²) in [6, 6.07) is -1.09. The summed E-state index contributed by atoms with van der Waals surface area (Å²) in [5.74, 6) is -9.16. The van der Waals surface area contributed by atoms with Crippen molar-refractivity contribution in [2.24, 2.45) is 23.7 Å². The summed E-state index contributed by atoms with van der Waals surface area (Å²) in [5.41, 5.74) is -1.07. The molecule has 5 aliphatic rings. The van der Waals surface area contributed by atoms with Crippen molar-refractivity contribution in [3.8, 4) is 0 Å². The van der Waals surface area contributed by atoms with Crippen LogP contribution in [0.3, 0.4) is 0 Å². The van der Waals surface area contributed by atoms with E-state index in [2.05, 4.69) is 16.0 Å². The van der Waals surface area contributed by atoms with Gasteiger partial charge in [-0.25, -0.2) is 0 Å². The van der Waals surface area contributed by atoms with Crippen LogP contribution in [0.25, 0.3) is 0 Å². The van der Waals surface area contributed by atoms with Crippen molar-refractivity contribution in [3.63, 3.8) is 0 Å². The Morgan fingerprint density at radius 2 is 1.30 bits per heavy atom. The lowest BCUT2D eigenvalue weighted by atomic mass is 9.84. The molecule has 1 spiro atoms. The molecule has 2 aromatic carbocycles. The Morgan fingerprint density at radius 3 is 1.87 bits per heavy atom. The molecule has 3 aliphatic carbocycles. The van der Waals surface area contributed by atoms with Crippen LogP contribution in [-0.4, -0.2) is 251 Å². The van der Waals surface area contributed by atoms with Crippen molar-refractivity contribution >= 4 is 82.5 Å². The largest absolute Gasteiger partial charge is 0.417 e. The maximum Gasteiger partial charge on any atom is 0.417 e. The molecule has 2 aliphatic heterocycles. The number of hydrogen-bond donors (Lipinski definition) is 3. The van der Waals surface area contributed by atoms with E-state index in [9.17, 15) is 46.7 Å². The highest BCUT2D eigenvalue weighted by Gasteiger charge is 2.52. The fourth-order valence-electron chi connectivity index (χ4n) is 15.9. The minimum absolute atomic E-state index is 0.00474. The van der Waals surface area contributed by atoms with Crippen LogP contribution in [0.2, 0.25) is 5.02 Å². The number of amides is 12. The van der Waals surface area contributed by atoms with Crippen molar-refractivity contribution in [1.82, 2.24) is 60.0 Å². The summed E-state index contributed by atoms with van der Waals surface area (Å²) < 4.78 is 42.0. The normalized spacial score (nSPS) is 26.5. The van der Waals surface area contributed by atoms with Crippen molar-refractivity contribution in [3.05, 3.63) is 69.7 Å². The van der Waals surface area contributed by atoms with E-state index in [0.29, 0.717) is 37.7 Å². The molecule has 28 heteroatoms. The van der Waals surface area contributed by atoms with Crippen LogP contribution in [0.1, 0.15) is 179 Å². The summed E-state index contributed by atoms with van der Waals surface area (Å²) in [6.07, 6.45) is 3.04. The fraction of sp³-hybridized carbons (Fsp3) is 0.688. The number of carbonyl (C=O) groups excluding carboxylic acids is 12. The van der Waals surface area contributed by atoms with E-state index in [1.807, 2.05) is 33.8 Å². The first-order chi connectivity index (χ1) is 49.3. The smallest absolute Gasteiger partial charge is 0.347 e. The molecule has 105 heavy (non-hydrogen) atoms. The zero-order valence-electron chi connectivity index (χ0n) is 64.2. The van der Waals surface area contributed by atoms with Crippen LogP contribution in [0, 0.1) is 30.6 Å². The number of alkyl halides is 3. The van der Waals surface area contributed by atoms with Gasteiger partial charge in [-0.15, -0.1) is 0 Å². The van der Waals surface area contributed by atoms with Crippen molar-refractivity contribution < 1.29 is 70.7 Å². The van der Waals surface area contributed by atoms with E-state index in [4.69, 9.17) is 11.6 Å². The molecular formula is C77H114ClF3N12O12. The highest BCUT2D eigenvalue weighted by Crippen LogP contribution is 2.39. The Bertz CT molecular complexity index is 3490. The molecule has 0 radical (unpaired) electrons. The van der Waals surface area contributed by atoms with Gasteiger partial charge in [0, 0.05) is 76.4 Å². The molecule has 582 valence electrons. The number of carbonyl (C=O) groups is 12. The Hall–Kier alpha value is -7.84. The third kappa shape index (κ3) is 20.3. The fourth-order valence-corrected chi connectivity index (χ4v) is 16.2. The lowest BCUT2D eigenvalue weighted by molar-refractivity contribution is -0.160. The number of benzene rings is 2. The van der Waals surface area contributed by atoms with Gasteiger partial charge in [0.25, 0.3) is 0 Å². The molecule has 0 bridgehead atoms. The molecule has 0 unspecified atom stereocenters. The lowest BCUT2D eigenvalue weighted by Gasteiger charge is -2.45. The topological polar surface area (TPSA) is 270 Å². The third-order valence-corrected chi connectivity index (χ3v) is 23.4. The molecule has 2 saturated heterocycles. The Morgan fingerprint density at radius 1 is 0.676 bits per heavy atom. The highest BCUT2D eigenvalue weighted by molar-refractivity contribution is 6.31. The summed E-state index contributed by atoms with van der Waals surface area (Å²) >= 11 is 6.22. The summed E-state index contributed by atoms with van der Waals surface area (Å²) in [6.45, 7) is 10.2. The number of rotatable bonds is 13. The average Bonchev–Trinajstić information content (AvgIpc) is 1.77. The first-order valence-electron chi connectivity index (χ1n) is 37.5. The number of likely N-dealkylation sites (N-methyl/N-ethyl adjacent to an activating group) is 8. The van der Waals surface area contributed by atoms with E-state index in [0.717, 1.165) is 72.4 Å². The van der Waals surface area contributed by atoms with E-state index < -0.39 is 172 Å². The summed E-state index contributed by atoms with van der Waals surface area (Å²) in [7, 11) is 12.9. The van der Waals surface area contributed by atoms with Gasteiger partial charge in [0.2, 0.25) is 70.9 Å². The predicted octanol–water partition coefficient (Wildman–Crippen LogP) is 7.03. The molecule has 3 saturated carbocycles. The highest BCUT2D eigenvalue weighted by atomic mass is 35.5. The molecule has 2 aromatic rings. The van der Waals surface area contributed by atoms with E-state index in [1.54, 1.807) is 25.1 Å². The molecular weight excluding hydrogens is 1380 g/mol. The number of hydrogen-bond acceptors (Lipinski definition) is 12. The molecule has 24 nitrogen and oxygen atoms in total. The van der Waals surface area contributed by atoms with Gasteiger partial charge in [-0.1, -0.05) is 134 Å². The van der Waals surface area contributed by atoms with Crippen molar-refractivity contribution in [2.45, 2.75) is 242 Å². The van der Waals surface area contributed by atoms with Crippen LogP contribution >= 0.6 is 11.6 Å². The summed E-state index contributed by atoms with van der Waals surface area (Å²) in [4.78, 5) is 193. The zero-order chi connectivity index (χ0) is 77.9. The van der Waals surface area contributed by atoms with Gasteiger partial charge in [0.15, 0.2) is 0 Å². The number of halogens is 4. The molecule has 5 fully saturated rings. The first kappa shape index (κ1) is 84.4. The van der Waals surface area contributed by atoms with Crippen LogP contribution < -0.4 is 16.0 Å². The molecule has 10 atom stereocenters. The van der Waals surface area contributed by atoms with E-state index in [1.165, 1.54) is 111 Å². The van der Waals surface area contributed by atoms with Gasteiger partial charge < -0.3 is 60.0 Å². The van der Waals surface area contributed by atoms with Crippen molar-refractivity contribution in [1.29, 1.82) is 0 Å². The minimum atomic E-state index is -4.78. The van der Waals surface area contributed by atoms with E-state index >= 15 is 24.0 Å². The standard InChI is InChI=1S/C77H114ClF3N12O12/c1-16-47(4)64-73(103)87(10)49(6)68(98)93-39-36-57(93)72(102)90(13)60(42-50-27-18-17-19-28-50)71(101)86(9)45-62(94)82-56(35-33-51-32-34-54(55(78)41-51)77(79,80)81)69(99)89(12)59(43-53-31-21-20-26-48(53)5)67(97)84-76(37-24-25-38-76)75(105)92(15)65(52-29-22-23-30-52)74(104)91(14)61(70(100)85(7)8)44-63(95)88(11)58(40-46(2)3)66(96)83-64/h20-21,26,31-32,34,41,46-47,49-50,52,56-61,64-65H,16-19,22-25,27-30,33,35-40,42-45H2,1-15H3,(H,82,94)(H,83,96)(H,84,97)/t47-,49-,56-,57-,58-,59-,60-,61-,64-,65-/m0/s1. The second-order valence-corrected chi connectivity index (χ2v) is 31.4. The van der Waals surface area contributed by atoms with Gasteiger partial charge >= 0.3 is 6.18 Å². The van der Waals surface area contributed by atoms with Gasteiger partial charge in [-0.3, -0.25) is 57.5 Å². The maximum atomic E-state index is 15.9. The number of fused-ring (bicyclic) bond motifs is 1. The third-order valence-electron chi connectivity index (χ3n) is 23.1. The number of aryl methyl sites for hydroxylation is 2. The number of nitrogens with zero attached hydrogens (tertiary/aromatic N) is 9. The van der Waals surface area contributed by atoms with Gasteiger partial charge in [0.05, 0.1) is 23.6 Å². The SMILES string of the molecule is CC[C@H](C)[C@@H]1NC(=O)[C@H](CC(C)C)N(C)C(=O)C[C@@H](C(=O)N(C)C)N(C)C(=O)[C@H](C2CCCC2)N(C)C(=O)C2(CCCC2)NC(=O)[C@H](Cc2ccccc2C)N(C)C(=O)[C@H](CCc2ccc(C(F)(F)F)c(Cl)c2)NC(=O)CN(C)C(=O)[C@H](CC2CCCCC2)N(C)C(=O)[C@@H]2CCN2C(=O)[C@H](C)N(C)C1=O. The molecule has 3 N–H and O–H groups in total. The van der Waals surface area contributed by atoms with Crippen LogP contribution in [0.15, 0.2) is 42.5 Å². The van der Waals surface area contributed by atoms with Crippen molar-refractivity contribution in [2.75, 3.05) is 76.5 Å². The molecule has 2 heterocycles. The van der Waals surface area contributed by atoms with E-state index in [-0.39, 0.29) is 75.3 Å². The Labute approximate surface area is 622 Å².